The molecule has 4 aromatic carbocycles. The van der Waals surface area contributed by atoms with Gasteiger partial charge in [0.2, 0.25) is 5.91 Å². The van der Waals surface area contributed by atoms with Crippen molar-refractivity contribution in [3.63, 3.8) is 0 Å². The quantitative estimate of drug-likeness (QED) is 0.268. The van der Waals surface area contributed by atoms with E-state index in [1.54, 1.807) is 9.91 Å². The van der Waals surface area contributed by atoms with Crippen molar-refractivity contribution in [3.8, 4) is 0 Å². The average Bonchev–Trinajstić information content (AvgIpc) is 3.41. The van der Waals surface area contributed by atoms with E-state index in [0.717, 1.165) is 54.0 Å². The Bertz CT molecular complexity index is 1460. The molecule has 2 aliphatic rings. The number of benzene rings is 4. The summed E-state index contributed by atoms with van der Waals surface area (Å²) in [6.07, 6.45) is 1.87. The fourth-order valence-electron chi connectivity index (χ4n) is 6.06. The number of nitrogens with one attached hydrogen (secondary N) is 2. The summed E-state index contributed by atoms with van der Waals surface area (Å²) in [6.45, 7) is 3.27. The van der Waals surface area contributed by atoms with Crippen LogP contribution in [0.25, 0.3) is 0 Å². The molecule has 2 saturated heterocycles. The third-order valence-electron chi connectivity index (χ3n) is 8.35. The Hall–Kier alpha value is -4.62. The maximum absolute atomic E-state index is 13.5. The van der Waals surface area contributed by atoms with Gasteiger partial charge < -0.3 is 10.2 Å². The Morgan fingerprint density at radius 2 is 1.33 bits per heavy atom. The molecule has 0 saturated carbocycles. The number of piperidine rings is 1. The van der Waals surface area contributed by atoms with E-state index in [9.17, 15) is 9.59 Å². The smallest absolute Gasteiger partial charge is 0.340 e. The van der Waals surface area contributed by atoms with Gasteiger partial charge in [-0.15, -0.1) is 0 Å². The second kappa shape index (κ2) is 12.9. The highest BCUT2D eigenvalue weighted by Gasteiger charge is 2.33. The fourth-order valence-corrected chi connectivity index (χ4v) is 6.06. The predicted octanol–water partition coefficient (Wildman–Crippen LogP) is 5.91. The van der Waals surface area contributed by atoms with Crippen LogP contribution in [0.5, 0.6) is 0 Å². The van der Waals surface area contributed by atoms with Gasteiger partial charge in [0.1, 0.15) is 0 Å². The number of carbonyl (C=O) groups excluding carboxylic acids is 2. The first-order valence-electron chi connectivity index (χ1n) is 14.7. The molecule has 0 aliphatic carbocycles. The first kappa shape index (κ1) is 27.5. The molecule has 0 spiro atoms. The van der Waals surface area contributed by atoms with E-state index in [4.69, 9.17) is 0 Å². The standard InChI is InChI=1S/C35H37N5O2/c41-34(36-24-27-10-4-1-5-11-27)33(29-14-8-3-9-15-29)30-20-22-38(23-21-30)31-16-18-32(19-17-31)39-26-37-40(35(39)42)25-28-12-6-2-7-13-28/h1-19,30,33,37H,20-26H2,(H,36,41). The second-order valence-electron chi connectivity index (χ2n) is 11.0. The summed E-state index contributed by atoms with van der Waals surface area (Å²) in [5.74, 6) is 0.188. The van der Waals surface area contributed by atoms with Gasteiger partial charge in [-0.05, 0) is 59.7 Å². The number of anilines is 2. The lowest BCUT2D eigenvalue weighted by molar-refractivity contribution is -0.124. The van der Waals surface area contributed by atoms with Crippen molar-refractivity contribution >= 4 is 23.3 Å². The van der Waals surface area contributed by atoms with E-state index in [1.165, 1.54) is 0 Å². The van der Waals surface area contributed by atoms with Crippen molar-refractivity contribution in [2.45, 2.75) is 31.8 Å². The zero-order chi connectivity index (χ0) is 28.7. The van der Waals surface area contributed by atoms with Crippen LogP contribution in [0.15, 0.2) is 115 Å². The van der Waals surface area contributed by atoms with Crippen molar-refractivity contribution in [1.82, 2.24) is 15.8 Å². The van der Waals surface area contributed by atoms with Crippen LogP contribution < -0.4 is 20.5 Å². The summed E-state index contributed by atoms with van der Waals surface area (Å²) in [5.41, 5.74) is 8.49. The van der Waals surface area contributed by atoms with Crippen LogP contribution in [0.1, 0.15) is 35.4 Å². The van der Waals surface area contributed by atoms with E-state index in [1.807, 2.05) is 91.0 Å². The van der Waals surface area contributed by atoms with Crippen LogP contribution in [-0.4, -0.2) is 36.7 Å². The Balaban J connectivity index is 1.07. The highest BCUT2D eigenvalue weighted by molar-refractivity contribution is 5.93. The molecule has 2 aliphatic heterocycles. The molecule has 7 heteroatoms. The lowest BCUT2D eigenvalue weighted by atomic mass is 9.79. The molecule has 2 heterocycles. The molecule has 0 bridgehead atoms. The Kier molecular flexibility index (Phi) is 8.47. The minimum absolute atomic E-state index is 0.0510. The van der Waals surface area contributed by atoms with Crippen molar-refractivity contribution in [2.24, 2.45) is 5.92 Å². The fraction of sp³-hybridized carbons (Fsp3) is 0.257. The zero-order valence-electron chi connectivity index (χ0n) is 23.7. The molecule has 1 atom stereocenters. The van der Waals surface area contributed by atoms with Gasteiger partial charge >= 0.3 is 6.03 Å². The van der Waals surface area contributed by atoms with Gasteiger partial charge in [-0.3, -0.25) is 14.7 Å². The summed E-state index contributed by atoms with van der Waals surface area (Å²) >= 11 is 0. The molecule has 42 heavy (non-hydrogen) atoms. The van der Waals surface area contributed by atoms with Crippen molar-refractivity contribution in [1.29, 1.82) is 0 Å². The van der Waals surface area contributed by atoms with Crippen LogP contribution >= 0.6 is 0 Å². The molecule has 2 fully saturated rings. The molecule has 0 radical (unpaired) electrons. The van der Waals surface area contributed by atoms with E-state index in [-0.39, 0.29) is 23.8 Å². The third kappa shape index (κ3) is 6.31. The molecule has 0 aromatic heterocycles. The summed E-state index contributed by atoms with van der Waals surface area (Å²) in [4.78, 5) is 30.7. The summed E-state index contributed by atoms with van der Waals surface area (Å²) in [5, 5.41) is 4.86. The van der Waals surface area contributed by atoms with Gasteiger partial charge in [-0.2, -0.15) is 0 Å². The van der Waals surface area contributed by atoms with Gasteiger partial charge in [0.15, 0.2) is 0 Å². The predicted molar refractivity (Wildman–Crippen MR) is 167 cm³/mol. The molecule has 4 aromatic rings. The van der Waals surface area contributed by atoms with Crippen LogP contribution in [-0.2, 0) is 17.9 Å². The van der Waals surface area contributed by atoms with Crippen molar-refractivity contribution in [3.05, 3.63) is 132 Å². The van der Waals surface area contributed by atoms with Crippen LogP contribution in [0.3, 0.4) is 0 Å². The summed E-state index contributed by atoms with van der Waals surface area (Å²) < 4.78 is 0. The minimum atomic E-state index is -0.174. The molecular formula is C35H37N5O2. The van der Waals surface area contributed by atoms with E-state index in [2.05, 4.69) is 39.9 Å². The maximum Gasteiger partial charge on any atom is 0.340 e. The van der Waals surface area contributed by atoms with Gasteiger partial charge in [-0.1, -0.05) is 91.0 Å². The molecule has 6 rings (SSSR count). The molecule has 2 N–H and O–H groups in total. The number of nitrogens with zero attached hydrogens (tertiary/aromatic N) is 3. The van der Waals surface area contributed by atoms with E-state index in [0.29, 0.717) is 19.8 Å². The summed E-state index contributed by atoms with van der Waals surface area (Å²) in [7, 11) is 0. The number of hydrogen-bond acceptors (Lipinski definition) is 4. The monoisotopic (exact) mass is 559 g/mol. The first-order chi connectivity index (χ1) is 20.7. The highest BCUT2D eigenvalue weighted by Crippen LogP contribution is 2.35. The number of carbonyl (C=O) groups is 2. The molecule has 3 amide bonds. The molecule has 214 valence electrons. The van der Waals surface area contributed by atoms with Gasteiger partial charge in [0.25, 0.3) is 0 Å². The Morgan fingerprint density at radius 1 is 0.762 bits per heavy atom. The second-order valence-corrected chi connectivity index (χ2v) is 11.0. The van der Waals surface area contributed by atoms with Gasteiger partial charge in [-0.25, -0.2) is 10.2 Å². The average molecular weight is 560 g/mol. The van der Waals surface area contributed by atoms with Gasteiger partial charge in [0, 0.05) is 31.0 Å². The molecule has 7 nitrogen and oxygen atoms in total. The molecule has 1 unspecified atom stereocenters. The van der Waals surface area contributed by atoms with E-state index < -0.39 is 0 Å². The first-order valence-corrected chi connectivity index (χ1v) is 14.7. The van der Waals surface area contributed by atoms with Crippen LogP contribution in [0, 0.1) is 5.92 Å². The Labute approximate surface area is 247 Å². The zero-order valence-corrected chi connectivity index (χ0v) is 23.7. The summed E-state index contributed by atoms with van der Waals surface area (Å²) in [6, 6.07) is 38.5. The number of amides is 3. The third-order valence-corrected chi connectivity index (χ3v) is 8.35. The minimum Gasteiger partial charge on any atom is -0.372 e. The topological polar surface area (TPSA) is 67.9 Å². The Morgan fingerprint density at radius 3 is 1.98 bits per heavy atom. The van der Waals surface area contributed by atoms with Crippen molar-refractivity contribution in [2.75, 3.05) is 29.6 Å². The van der Waals surface area contributed by atoms with E-state index >= 15 is 0 Å². The number of hydrogen-bond donors (Lipinski definition) is 2. The lowest BCUT2D eigenvalue weighted by Crippen LogP contribution is -2.40. The van der Waals surface area contributed by atoms with Gasteiger partial charge in [0.05, 0.1) is 19.1 Å². The maximum atomic E-state index is 13.5. The highest BCUT2D eigenvalue weighted by atomic mass is 16.2. The van der Waals surface area contributed by atoms with Crippen LogP contribution in [0.4, 0.5) is 16.2 Å². The lowest BCUT2D eigenvalue weighted by Gasteiger charge is -2.37. The number of rotatable bonds is 9. The number of urea groups is 1. The SMILES string of the molecule is O=C(NCc1ccccc1)C(c1ccccc1)C1CCN(c2ccc(N3CNN(Cc4ccccc4)C3=O)cc2)CC1. The normalized spacial score (nSPS) is 16.5. The largest absolute Gasteiger partial charge is 0.372 e. The van der Waals surface area contributed by atoms with Crippen molar-refractivity contribution < 1.29 is 9.59 Å². The molecular weight excluding hydrogens is 522 g/mol. The number of hydrazine groups is 1. The van der Waals surface area contributed by atoms with Crippen LogP contribution in [0.2, 0.25) is 0 Å².